The van der Waals surface area contributed by atoms with Gasteiger partial charge in [0.05, 0.1) is 0 Å². The normalized spacial score (nSPS) is 10.3. The molecule has 1 amide bonds. The molecule has 2 N–H and O–H groups in total. The predicted octanol–water partition coefficient (Wildman–Crippen LogP) is 2.49. The van der Waals surface area contributed by atoms with Crippen molar-refractivity contribution in [3.63, 3.8) is 0 Å². The van der Waals surface area contributed by atoms with Gasteiger partial charge in [0.15, 0.2) is 5.82 Å². The van der Waals surface area contributed by atoms with Crippen LogP contribution in [0, 0.1) is 6.92 Å². The van der Waals surface area contributed by atoms with Crippen LogP contribution in [0.3, 0.4) is 0 Å². The summed E-state index contributed by atoms with van der Waals surface area (Å²) in [5.41, 5.74) is 1.70. The van der Waals surface area contributed by atoms with Gasteiger partial charge in [-0.05, 0) is 37.6 Å². The Hall–Kier alpha value is -2.47. The molecule has 0 spiro atoms. The second-order valence-electron chi connectivity index (χ2n) is 4.90. The van der Waals surface area contributed by atoms with Crippen LogP contribution >= 0.6 is 0 Å². The summed E-state index contributed by atoms with van der Waals surface area (Å²) in [5, 5.41) is 13.9. The number of aromatic nitrogens is 2. The summed E-state index contributed by atoms with van der Waals surface area (Å²) >= 11 is 0. The van der Waals surface area contributed by atoms with Gasteiger partial charge in [-0.15, -0.1) is 10.2 Å². The van der Waals surface area contributed by atoms with Crippen molar-refractivity contribution in [3.05, 3.63) is 47.5 Å². The first-order chi connectivity index (χ1) is 10.7. The first-order valence-corrected chi connectivity index (χ1v) is 7.13. The second kappa shape index (κ2) is 8.09. The van der Waals surface area contributed by atoms with E-state index in [4.69, 9.17) is 4.74 Å². The smallest absolute Gasteiger partial charge is 0.256 e. The van der Waals surface area contributed by atoms with Gasteiger partial charge in [0.25, 0.3) is 5.91 Å². The van der Waals surface area contributed by atoms with E-state index in [1.165, 1.54) is 0 Å². The summed E-state index contributed by atoms with van der Waals surface area (Å²) in [6, 6.07) is 10.9. The lowest BCUT2D eigenvalue weighted by Gasteiger charge is -2.06. The fourth-order valence-electron chi connectivity index (χ4n) is 1.82. The van der Waals surface area contributed by atoms with E-state index in [1.54, 1.807) is 31.4 Å². The predicted molar refractivity (Wildman–Crippen MR) is 86.1 cm³/mol. The molecule has 6 heteroatoms. The number of hydrogen-bond donors (Lipinski definition) is 2. The highest BCUT2D eigenvalue weighted by molar-refractivity contribution is 6.03. The number of nitrogens with one attached hydrogen (secondary N) is 2. The SMILES string of the molecule is COCCCNc1ccc(NC(=O)c2ccc(C)cc2)nn1. The molecule has 1 heterocycles. The molecule has 2 rings (SSSR count). The minimum Gasteiger partial charge on any atom is -0.385 e. The second-order valence-corrected chi connectivity index (χ2v) is 4.90. The Bertz CT molecular complexity index is 597. The summed E-state index contributed by atoms with van der Waals surface area (Å²) in [6.07, 6.45) is 0.893. The number of benzene rings is 1. The number of carbonyl (C=O) groups is 1. The first-order valence-electron chi connectivity index (χ1n) is 7.13. The standard InChI is InChI=1S/C16H20N4O2/c1-12-4-6-13(7-5-12)16(21)18-15-9-8-14(19-20-15)17-10-3-11-22-2/h4-9H,3,10-11H2,1-2H3,(H,17,19)(H,18,20,21). The third-order valence-corrected chi connectivity index (χ3v) is 3.05. The van der Waals surface area contributed by atoms with Crippen LogP contribution in [0.2, 0.25) is 0 Å². The molecular weight excluding hydrogens is 280 g/mol. The van der Waals surface area contributed by atoms with E-state index in [0.29, 0.717) is 23.8 Å². The summed E-state index contributed by atoms with van der Waals surface area (Å²) in [5.74, 6) is 0.896. The van der Waals surface area contributed by atoms with Crippen LogP contribution in [0.5, 0.6) is 0 Å². The Morgan fingerprint density at radius 1 is 1.09 bits per heavy atom. The van der Waals surface area contributed by atoms with Gasteiger partial charge in [-0.3, -0.25) is 4.79 Å². The van der Waals surface area contributed by atoms with Gasteiger partial charge in [-0.2, -0.15) is 0 Å². The molecule has 22 heavy (non-hydrogen) atoms. The van der Waals surface area contributed by atoms with E-state index in [1.807, 2.05) is 19.1 Å². The molecule has 0 aliphatic rings. The third kappa shape index (κ3) is 4.82. The van der Waals surface area contributed by atoms with E-state index in [2.05, 4.69) is 20.8 Å². The van der Waals surface area contributed by atoms with Crippen molar-refractivity contribution in [2.45, 2.75) is 13.3 Å². The summed E-state index contributed by atoms with van der Waals surface area (Å²) < 4.78 is 4.97. The van der Waals surface area contributed by atoms with Crippen LogP contribution in [-0.4, -0.2) is 36.4 Å². The third-order valence-electron chi connectivity index (χ3n) is 3.05. The minimum absolute atomic E-state index is 0.199. The van der Waals surface area contributed by atoms with Crippen LogP contribution in [0.25, 0.3) is 0 Å². The van der Waals surface area contributed by atoms with E-state index >= 15 is 0 Å². The van der Waals surface area contributed by atoms with Gasteiger partial charge in [0.1, 0.15) is 5.82 Å². The topological polar surface area (TPSA) is 76.1 Å². The summed E-state index contributed by atoms with van der Waals surface area (Å²) in [4.78, 5) is 12.0. The van der Waals surface area contributed by atoms with Crippen LogP contribution < -0.4 is 10.6 Å². The maximum Gasteiger partial charge on any atom is 0.256 e. The molecule has 0 saturated carbocycles. The number of carbonyl (C=O) groups excluding carboxylic acids is 1. The number of amides is 1. The first kappa shape index (κ1) is 15.9. The largest absolute Gasteiger partial charge is 0.385 e. The average molecular weight is 300 g/mol. The number of ether oxygens (including phenoxy) is 1. The zero-order valence-corrected chi connectivity index (χ0v) is 12.8. The molecule has 1 aromatic carbocycles. The molecule has 0 saturated heterocycles. The fourth-order valence-corrected chi connectivity index (χ4v) is 1.82. The molecule has 0 radical (unpaired) electrons. The van der Waals surface area contributed by atoms with Crippen molar-refractivity contribution in [1.82, 2.24) is 10.2 Å². The van der Waals surface area contributed by atoms with Gasteiger partial charge in [0.2, 0.25) is 0 Å². The Kier molecular flexibility index (Phi) is 5.85. The van der Waals surface area contributed by atoms with Gasteiger partial charge >= 0.3 is 0 Å². The zero-order chi connectivity index (χ0) is 15.8. The molecule has 0 fully saturated rings. The molecule has 1 aromatic heterocycles. The van der Waals surface area contributed by atoms with Crippen LogP contribution in [-0.2, 0) is 4.74 Å². The van der Waals surface area contributed by atoms with Crippen molar-refractivity contribution in [2.75, 3.05) is 30.9 Å². The highest BCUT2D eigenvalue weighted by Crippen LogP contribution is 2.09. The van der Waals surface area contributed by atoms with Crippen molar-refractivity contribution in [3.8, 4) is 0 Å². The van der Waals surface area contributed by atoms with E-state index in [0.717, 1.165) is 18.5 Å². The van der Waals surface area contributed by atoms with Gasteiger partial charge in [-0.25, -0.2) is 0 Å². The lowest BCUT2D eigenvalue weighted by atomic mass is 10.1. The molecule has 0 atom stereocenters. The van der Waals surface area contributed by atoms with Crippen LogP contribution in [0.1, 0.15) is 22.3 Å². The average Bonchev–Trinajstić information content (AvgIpc) is 2.54. The van der Waals surface area contributed by atoms with Crippen LogP contribution in [0.4, 0.5) is 11.6 Å². The van der Waals surface area contributed by atoms with Crippen molar-refractivity contribution in [1.29, 1.82) is 0 Å². The molecule has 6 nitrogen and oxygen atoms in total. The lowest BCUT2D eigenvalue weighted by Crippen LogP contribution is -2.14. The van der Waals surface area contributed by atoms with Gasteiger partial charge < -0.3 is 15.4 Å². The van der Waals surface area contributed by atoms with Crippen molar-refractivity contribution in [2.24, 2.45) is 0 Å². The number of anilines is 2. The molecule has 0 aliphatic heterocycles. The quantitative estimate of drug-likeness (QED) is 0.768. The molecule has 0 aliphatic carbocycles. The molecular formula is C16H20N4O2. The Morgan fingerprint density at radius 2 is 1.77 bits per heavy atom. The Morgan fingerprint density at radius 3 is 2.41 bits per heavy atom. The zero-order valence-electron chi connectivity index (χ0n) is 12.8. The molecule has 0 unspecified atom stereocenters. The maximum atomic E-state index is 12.0. The lowest BCUT2D eigenvalue weighted by molar-refractivity contribution is 0.102. The number of methoxy groups -OCH3 is 1. The molecule has 116 valence electrons. The molecule has 2 aromatic rings. The summed E-state index contributed by atoms with van der Waals surface area (Å²) in [7, 11) is 1.67. The van der Waals surface area contributed by atoms with E-state index in [9.17, 15) is 4.79 Å². The monoisotopic (exact) mass is 300 g/mol. The summed E-state index contributed by atoms with van der Waals surface area (Å²) in [6.45, 7) is 3.44. The fraction of sp³-hybridized carbons (Fsp3) is 0.312. The highest BCUT2D eigenvalue weighted by atomic mass is 16.5. The van der Waals surface area contributed by atoms with Crippen molar-refractivity contribution >= 4 is 17.5 Å². The van der Waals surface area contributed by atoms with E-state index in [-0.39, 0.29) is 5.91 Å². The minimum atomic E-state index is -0.199. The van der Waals surface area contributed by atoms with Crippen molar-refractivity contribution < 1.29 is 9.53 Å². The highest BCUT2D eigenvalue weighted by Gasteiger charge is 2.06. The Labute approximate surface area is 129 Å². The number of rotatable bonds is 7. The maximum absolute atomic E-state index is 12.0. The van der Waals surface area contributed by atoms with Gasteiger partial charge in [-0.1, -0.05) is 17.7 Å². The Balaban J connectivity index is 1.88. The number of aryl methyl sites for hydroxylation is 1. The number of hydrogen-bond acceptors (Lipinski definition) is 5. The number of nitrogens with zero attached hydrogens (tertiary/aromatic N) is 2. The van der Waals surface area contributed by atoms with E-state index < -0.39 is 0 Å². The van der Waals surface area contributed by atoms with Crippen LogP contribution in [0.15, 0.2) is 36.4 Å². The van der Waals surface area contributed by atoms with Gasteiger partial charge in [0, 0.05) is 25.8 Å². The molecule has 0 bridgehead atoms.